The maximum Gasteiger partial charge on any atom is 0.471 e. The molecule has 0 aliphatic carbocycles. The van der Waals surface area contributed by atoms with E-state index in [9.17, 15) is 18.0 Å². The molecule has 1 aliphatic heterocycles. The average molecular weight is 258 g/mol. The van der Waals surface area contributed by atoms with Gasteiger partial charge in [-0.2, -0.15) is 13.2 Å². The van der Waals surface area contributed by atoms with Gasteiger partial charge in [0.05, 0.1) is 6.04 Å². The van der Waals surface area contributed by atoms with Gasteiger partial charge in [-0.25, -0.2) is 0 Å². The fourth-order valence-corrected chi connectivity index (χ4v) is 2.11. The van der Waals surface area contributed by atoms with Crippen LogP contribution in [0.15, 0.2) is 18.2 Å². The van der Waals surface area contributed by atoms with Crippen molar-refractivity contribution in [3.63, 3.8) is 0 Å². The number of amides is 1. The van der Waals surface area contributed by atoms with Crippen LogP contribution in [-0.2, 0) is 11.3 Å². The summed E-state index contributed by atoms with van der Waals surface area (Å²) >= 11 is 0. The van der Waals surface area contributed by atoms with Gasteiger partial charge in [-0.05, 0) is 23.6 Å². The normalized spacial score (nSPS) is 19.2. The van der Waals surface area contributed by atoms with E-state index in [1.54, 1.807) is 12.1 Å². The van der Waals surface area contributed by atoms with Crippen LogP contribution in [0.2, 0.25) is 0 Å². The fraction of sp³-hybridized carbons (Fsp3) is 0.417. The predicted octanol–water partition coefficient (Wildman–Crippen LogP) is 1.82. The Morgan fingerprint density at radius 3 is 2.83 bits per heavy atom. The molecule has 1 amide bonds. The summed E-state index contributed by atoms with van der Waals surface area (Å²) < 4.78 is 36.7. The van der Waals surface area contributed by atoms with Crippen molar-refractivity contribution in [1.29, 1.82) is 0 Å². The van der Waals surface area contributed by atoms with Crippen molar-refractivity contribution in [2.75, 3.05) is 6.54 Å². The minimum atomic E-state index is -4.85. The lowest BCUT2D eigenvalue weighted by Crippen LogP contribution is -2.44. The molecule has 0 radical (unpaired) electrons. The number of halogens is 3. The lowest BCUT2D eigenvalue weighted by Gasteiger charge is -2.28. The molecule has 2 N–H and O–H groups in total. The van der Waals surface area contributed by atoms with Crippen molar-refractivity contribution in [2.45, 2.75) is 25.7 Å². The maximum absolute atomic E-state index is 12.2. The SMILES string of the molecule is Cc1cccc2c1CNCC2NC(=O)C(F)(F)F. The van der Waals surface area contributed by atoms with Gasteiger partial charge in [-0.3, -0.25) is 4.79 Å². The van der Waals surface area contributed by atoms with Crippen molar-refractivity contribution in [1.82, 2.24) is 10.6 Å². The second kappa shape index (κ2) is 4.61. The smallest absolute Gasteiger partial charge is 0.340 e. The van der Waals surface area contributed by atoms with Gasteiger partial charge >= 0.3 is 12.1 Å². The number of hydrogen-bond donors (Lipinski definition) is 2. The molecule has 0 spiro atoms. The van der Waals surface area contributed by atoms with Crippen LogP contribution >= 0.6 is 0 Å². The van der Waals surface area contributed by atoms with E-state index < -0.39 is 18.1 Å². The van der Waals surface area contributed by atoms with Gasteiger partial charge in [0, 0.05) is 13.1 Å². The zero-order chi connectivity index (χ0) is 13.3. The summed E-state index contributed by atoms with van der Waals surface area (Å²) in [4.78, 5) is 11.0. The Morgan fingerprint density at radius 1 is 1.44 bits per heavy atom. The first-order chi connectivity index (χ1) is 8.39. The molecule has 0 fully saturated rings. The summed E-state index contributed by atoms with van der Waals surface area (Å²) in [6.07, 6.45) is -4.85. The molecule has 1 unspecified atom stereocenters. The van der Waals surface area contributed by atoms with Crippen LogP contribution in [0.1, 0.15) is 22.7 Å². The number of carbonyl (C=O) groups excluding carboxylic acids is 1. The lowest BCUT2D eigenvalue weighted by atomic mass is 9.93. The first kappa shape index (κ1) is 12.9. The van der Waals surface area contributed by atoms with Crippen LogP contribution in [0.25, 0.3) is 0 Å². The number of carbonyl (C=O) groups is 1. The minimum absolute atomic E-state index is 0.304. The van der Waals surface area contributed by atoms with Crippen LogP contribution in [0, 0.1) is 6.92 Å². The summed E-state index contributed by atoms with van der Waals surface area (Å²) in [7, 11) is 0. The van der Waals surface area contributed by atoms with Gasteiger partial charge in [-0.1, -0.05) is 18.2 Å². The van der Waals surface area contributed by atoms with Crippen molar-refractivity contribution < 1.29 is 18.0 Å². The predicted molar refractivity (Wildman–Crippen MR) is 59.8 cm³/mol. The van der Waals surface area contributed by atoms with E-state index in [0.717, 1.165) is 16.7 Å². The van der Waals surface area contributed by atoms with E-state index >= 15 is 0 Å². The number of alkyl halides is 3. The monoisotopic (exact) mass is 258 g/mol. The van der Waals surface area contributed by atoms with Crippen LogP contribution in [0.4, 0.5) is 13.2 Å². The summed E-state index contributed by atoms with van der Waals surface area (Å²) in [6.45, 7) is 2.81. The van der Waals surface area contributed by atoms with E-state index in [1.807, 2.05) is 18.3 Å². The van der Waals surface area contributed by atoms with Gasteiger partial charge in [0.25, 0.3) is 0 Å². The highest BCUT2D eigenvalue weighted by Crippen LogP contribution is 2.26. The zero-order valence-electron chi connectivity index (χ0n) is 9.77. The van der Waals surface area contributed by atoms with Crippen molar-refractivity contribution >= 4 is 5.91 Å². The second-order valence-electron chi connectivity index (χ2n) is 4.30. The Labute approximate surface area is 102 Å². The lowest BCUT2D eigenvalue weighted by molar-refractivity contribution is -0.174. The van der Waals surface area contributed by atoms with E-state index in [4.69, 9.17) is 0 Å². The molecule has 0 saturated heterocycles. The highest BCUT2D eigenvalue weighted by molar-refractivity contribution is 5.82. The molecular formula is C12H13F3N2O. The van der Waals surface area contributed by atoms with E-state index in [1.165, 1.54) is 0 Å². The summed E-state index contributed by atoms with van der Waals surface area (Å²) in [5.41, 5.74) is 2.72. The van der Waals surface area contributed by atoms with E-state index in [-0.39, 0.29) is 0 Å². The highest BCUT2D eigenvalue weighted by Gasteiger charge is 2.40. The molecule has 2 rings (SSSR count). The Bertz CT molecular complexity index is 471. The van der Waals surface area contributed by atoms with Gasteiger partial charge < -0.3 is 10.6 Å². The number of fused-ring (bicyclic) bond motifs is 1. The molecule has 0 bridgehead atoms. The third kappa shape index (κ3) is 2.48. The fourth-order valence-electron chi connectivity index (χ4n) is 2.11. The summed E-state index contributed by atoms with van der Waals surface area (Å²) in [6, 6.07) is 4.80. The molecule has 3 nitrogen and oxygen atoms in total. The first-order valence-electron chi connectivity index (χ1n) is 5.56. The van der Waals surface area contributed by atoms with Crippen molar-refractivity contribution in [2.24, 2.45) is 0 Å². The molecule has 1 aliphatic rings. The number of rotatable bonds is 1. The summed E-state index contributed by atoms with van der Waals surface area (Å²) in [5.74, 6) is -1.90. The Kier molecular flexibility index (Phi) is 3.30. The van der Waals surface area contributed by atoms with Crippen molar-refractivity contribution in [3.05, 3.63) is 34.9 Å². The third-order valence-corrected chi connectivity index (χ3v) is 3.03. The topological polar surface area (TPSA) is 41.1 Å². The third-order valence-electron chi connectivity index (χ3n) is 3.03. The number of hydrogen-bond acceptors (Lipinski definition) is 2. The molecule has 1 atom stereocenters. The van der Waals surface area contributed by atoms with Gasteiger partial charge in [0.15, 0.2) is 0 Å². The van der Waals surface area contributed by atoms with Gasteiger partial charge in [0.1, 0.15) is 0 Å². The molecule has 0 aromatic heterocycles. The van der Waals surface area contributed by atoms with Crippen molar-refractivity contribution in [3.8, 4) is 0 Å². The minimum Gasteiger partial charge on any atom is -0.340 e. The molecule has 98 valence electrons. The Morgan fingerprint density at radius 2 is 2.17 bits per heavy atom. The van der Waals surface area contributed by atoms with E-state index in [0.29, 0.717) is 13.1 Å². The molecule has 1 aromatic rings. The number of aryl methyl sites for hydroxylation is 1. The average Bonchev–Trinajstić information content (AvgIpc) is 2.29. The Hall–Kier alpha value is -1.56. The molecular weight excluding hydrogens is 245 g/mol. The van der Waals surface area contributed by atoms with Crippen LogP contribution in [-0.4, -0.2) is 18.6 Å². The van der Waals surface area contributed by atoms with Crippen LogP contribution in [0.5, 0.6) is 0 Å². The van der Waals surface area contributed by atoms with Crippen LogP contribution < -0.4 is 10.6 Å². The van der Waals surface area contributed by atoms with Gasteiger partial charge in [0.2, 0.25) is 0 Å². The zero-order valence-corrected chi connectivity index (χ0v) is 9.77. The first-order valence-corrected chi connectivity index (χ1v) is 5.56. The quantitative estimate of drug-likeness (QED) is 0.806. The van der Waals surface area contributed by atoms with Gasteiger partial charge in [-0.15, -0.1) is 0 Å². The number of nitrogens with one attached hydrogen (secondary N) is 2. The maximum atomic E-state index is 12.2. The molecule has 18 heavy (non-hydrogen) atoms. The highest BCUT2D eigenvalue weighted by atomic mass is 19.4. The Balaban J connectivity index is 2.24. The summed E-state index contributed by atoms with van der Waals surface area (Å²) in [5, 5.41) is 5.02. The second-order valence-corrected chi connectivity index (χ2v) is 4.30. The molecule has 6 heteroatoms. The standard InChI is InChI=1S/C12H13F3N2O/c1-7-3-2-4-8-9(7)5-16-6-10(8)17-11(18)12(13,14)15/h2-4,10,16H,5-6H2,1H3,(H,17,18). The number of benzene rings is 1. The molecule has 1 aromatic carbocycles. The van der Waals surface area contributed by atoms with Crippen LogP contribution in [0.3, 0.4) is 0 Å². The molecule has 0 saturated carbocycles. The largest absolute Gasteiger partial charge is 0.471 e. The molecule has 1 heterocycles. The van der Waals surface area contributed by atoms with E-state index in [2.05, 4.69) is 5.32 Å².